The van der Waals surface area contributed by atoms with Crippen molar-refractivity contribution in [2.24, 2.45) is 7.05 Å². The first-order valence-corrected chi connectivity index (χ1v) is 10.2. The van der Waals surface area contributed by atoms with Gasteiger partial charge in [-0.3, -0.25) is 19.4 Å². The highest BCUT2D eigenvalue weighted by Crippen LogP contribution is 2.32. The number of pyridine rings is 3. The molecule has 4 aromatic rings. The summed E-state index contributed by atoms with van der Waals surface area (Å²) < 4.78 is 45.7. The molecule has 174 valence electrons. The fourth-order valence-electron chi connectivity index (χ4n) is 3.81. The van der Waals surface area contributed by atoms with Crippen LogP contribution >= 0.6 is 0 Å². The van der Waals surface area contributed by atoms with Gasteiger partial charge in [-0.15, -0.1) is 0 Å². The maximum Gasteiger partial charge on any atom is 0.417 e. The van der Waals surface area contributed by atoms with Gasteiger partial charge in [-0.25, -0.2) is 9.97 Å². The standard InChI is InChI=1S/C22H18F3N7O2/c1-31-9-14(6-29-31)32(8-13-3-2-12(5-27-13)22(23,24)25)21(33)18-4-15-16-10-34-11-17(16)20(26)30-19(15)7-28-18/h2-7,9H,8,10-11H2,1H3,(H2,26,30). The lowest BCUT2D eigenvalue weighted by atomic mass is 10.1. The number of aryl methyl sites for hydroxylation is 1. The molecular formula is C22H18F3N7O2. The zero-order chi connectivity index (χ0) is 24.0. The fourth-order valence-corrected chi connectivity index (χ4v) is 3.81. The zero-order valence-electron chi connectivity index (χ0n) is 17.9. The largest absolute Gasteiger partial charge is 0.417 e. The lowest BCUT2D eigenvalue weighted by molar-refractivity contribution is -0.137. The Morgan fingerprint density at radius 3 is 2.65 bits per heavy atom. The monoisotopic (exact) mass is 469 g/mol. The van der Waals surface area contributed by atoms with Gasteiger partial charge in [0.15, 0.2) is 0 Å². The van der Waals surface area contributed by atoms with E-state index in [1.165, 1.54) is 28.0 Å². The second kappa shape index (κ2) is 8.06. The van der Waals surface area contributed by atoms with Gasteiger partial charge in [0.05, 0.1) is 54.6 Å². The number of nitrogens with zero attached hydrogens (tertiary/aromatic N) is 6. The van der Waals surface area contributed by atoms with Gasteiger partial charge < -0.3 is 10.5 Å². The highest BCUT2D eigenvalue weighted by Gasteiger charge is 2.31. The number of aromatic nitrogens is 5. The van der Waals surface area contributed by atoms with Crippen LogP contribution in [-0.4, -0.2) is 30.6 Å². The molecule has 12 heteroatoms. The van der Waals surface area contributed by atoms with Gasteiger partial charge in [0, 0.05) is 30.4 Å². The number of nitrogen functional groups attached to an aromatic ring is 1. The van der Waals surface area contributed by atoms with Gasteiger partial charge in [0.2, 0.25) is 0 Å². The van der Waals surface area contributed by atoms with Crippen LogP contribution in [0.5, 0.6) is 0 Å². The minimum Gasteiger partial charge on any atom is -0.383 e. The van der Waals surface area contributed by atoms with Crippen LogP contribution < -0.4 is 10.6 Å². The summed E-state index contributed by atoms with van der Waals surface area (Å²) in [5, 5.41) is 4.81. The van der Waals surface area contributed by atoms with Crippen LogP contribution in [0.25, 0.3) is 10.9 Å². The molecule has 1 amide bonds. The molecule has 0 atom stereocenters. The second-order valence-electron chi connectivity index (χ2n) is 7.83. The minimum absolute atomic E-state index is 0.0798. The van der Waals surface area contributed by atoms with Crippen molar-refractivity contribution in [3.8, 4) is 0 Å². The molecule has 0 radical (unpaired) electrons. The Bertz CT molecular complexity index is 1400. The van der Waals surface area contributed by atoms with E-state index in [0.29, 0.717) is 35.6 Å². The smallest absolute Gasteiger partial charge is 0.383 e. The predicted octanol–water partition coefficient (Wildman–Crippen LogP) is 3.24. The van der Waals surface area contributed by atoms with Crippen molar-refractivity contribution < 1.29 is 22.7 Å². The van der Waals surface area contributed by atoms with Crippen LogP contribution in [0.3, 0.4) is 0 Å². The maximum atomic E-state index is 13.5. The Kier molecular flexibility index (Phi) is 5.16. The molecule has 0 saturated heterocycles. The van der Waals surface area contributed by atoms with Crippen LogP contribution in [0.2, 0.25) is 0 Å². The highest BCUT2D eigenvalue weighted by atomic mass is 19.4. The molecule has 34 heavy (non-hydrogen) atoms. The third-order valence-electron chi connectivity index (χ3n) is 5.55. The van der Waals surface area contributed by atoms with E-state index in [4.69, 9.17) is 10.5 Å². The highest BCUT2D eigenvalue weighted by molar-refractivity contribution is 6.06. The summed E-state index contributed by atoms with van der Waals surface area (Å²) in [5.41, 5.74) is 8.17. The number of anilines is 2. The van der Waals surface area contributed by atoms with Crippen molar-refractivity contribution in [2.45, 2.75) is 25.9 Å². The summed E-state index contributed by atoms with van der Waals surface area (Å²) in [6.07, 6.45) is 0.818. The summed E-state index contributed by atoms with van der Waals surface area (Å²) in [5.74, 6) is -0.104. The Labute approximate surface area is 191 Å². The molecule has 1 aliphatic heterocycles. The fraction of sp³-hybridized carbons (Fsp3) is 0.227. The number of carbonyl (C=O) groups excluding carboxylic acids is 1. The van der Waals surface area contributed by atoms with Crippen LogP contribution in [0, 0.1) is 0 Å². The number of nitrogens with two attached hydrogens (primary N) is 1. The van der Waals surface area contributed by atoms with Crippen molar-refractivity contribution in [1.29, 1.82) is 0 Å². The SMILES string of the molecule is Cn1cc(N(Cc2ccc(C(F)(F)F)cn2)C(=O)c2cc3c4c(c(N)nc3cn2)COC4)cn1. The average Bonchev–Trinajstić information content (AvgIpc) is 3.46. The van der Waals surface area contributed by atoms with Crippen molar-refractivity contribution >= 4 is 28.3 Å². The van der Waals surface area contributed by atoms with Gasteiger partial charge in [-0.1, -0.05) is 0 Å². The van der Waals surface area contributed by atoms with Gasteiger partial charge in [-0.2, -0.15) is 18.3 Å². The molecule has 0 aliphatic carbocycles. The van der Waals surface area contributed by atoms with Gasteiger partial charge in [-0.05, 0) is 23.8 Å². The lowest BCUT2D eigenvalue weighted by Crippen LogP contribution is -2.31. The van der Waals surface area contributed by atoms with Crippen LogP contribution in [0.15, 0.2) is 43.0 Å². The van der Waals surface area contributed by atoms with Crippen molar-refractivity contribution in [1.82, 2.24) is 24.7 Å². The predicted molar refractivity (Wildman–Crippen MR) is 115 cm³/mol. The van der Waals surface area contributed by atoms with E-state index in [9.17, 15) is 18.0 Å². The number of hydrogen-bond acceptors (Lipinski definition) is 7. The van der Waals surface area contributed by atoms with Crippen molar-refractivity contribution in [2.75, 3.05) is 10.6 Å². The summed E-state index contributed by atoms with van der Waals surface area (Å²) in [7, 11) is 1.69. The summed E-state index contributed by atoms with van der Waals surface area (Å²) in [6.45, 7) is 0.610. The Hall–Kier alpha value is -4.06. The topological polar surface area (TPSA) is 112 Å². The molecule has 9 nitrogen and oxygen atoms in total. The van der Waals surface area contributed by atoms with E-state index < -0.39 is 17.6 Å². The molecule has 0 unspecified atom stereocenters. The quantitative estimate of drug-likeness (QED) is 0.488. The first-order valence-electron chi connectivity index (χ1n) is 10.2. The molecule has 0 saturated carbocycles. The van der Waals surface area contributed by atoms with Gasteiger partial charge >= 0.3 is 6.18 Å². The van der Waals surface area contributed by atoms with Crippen molar-refractivity contribution in [3.63, 3.8) is 0 Å². The maximum absolute atomic E-state index is 13.5. The first-order chi connectivity index (χ1) is 16.2. The first kappa shape index (κ1) is 21.8. The van der Waals surface area contributed by atoms with Crippen LogP contribution in [0.4, 0.5) is 24.7 Å². The minimum atomic E-state index is -4.50. The number of carbonyl (C=O) groups is 1. The second-order valence-corrected chi connectivity index (χ2v) is 7.83. The van der Waals surface area contributed by atoms with E-state index >= 15 is 0 Å². The Morgan fingerprint density at radius 2 is 1.97 bits per heavy atom. The number of rotatable bonds is 4. The number of hydrogen-bond donors (Lipinski definition) is 1. The van der Waals surface area contributed by atoms with Crippen LogP contribution in [-0.2, 0) is 37.7 Å². The third-order valence-corrected chi connectivity index (χ3v) is 5.55. The van der Waals surface area contributed by atoms with E-state index in [1.54, 1.807) is 19.3 Å². The Balaban J connectivity index is 1.52. The number of halogens is 3. The third kappa shape index (κ3) is 3.92. The van der Waals surface area contributed by atoms with E-state index in [0.717, 1.165) is 23.4 Å². The van der Waals surface area contributed by atoms with Crippen LogP contribution in [0.1, 0.15) is 32.9 Å². The van der Waals surface area contributed by atoms with Gasteiger partial charge in [0.1, 0.15) is 11.5 Å². The molecular weight excluding hydrogens is 451 g/mol. The molecule has 1 aliphatic rings. The number of ether oxygens (including phenoxy) is 1. The summed E-state index contributed by atoms with van der Waals surface area (Å²) >= 11 is 0. The Morgan fingerprint density at radius 1 is 1.18 bits per heavy atom. The molecule has 0 aromatic carbocycles. The molecule has 0 fully saturated rings. The van der Waals surface area contributed by atoms with Gasteiger partial charge in [0.25, 0.3) is 5.91 Å². The normalized spacial score (nSPS) is 13.3. The molecule has 4 aromatic heterocycles. The molecule has 5 rings (SSSR count). The van der Waals surface area contributed by atoms with E-state index in [2.05, 4.69) is 20.1 Å². The van der Waals surface area contributed by atoms with E-state index in [1.807, 2.05) is 0 Å². The van der Waals surface area contributed by atoms with Crippen molar-refractivity contribution in [3.05, 3.63) is 71.1 Å². The number of amides is 1. The summed E-state index contributed by atoms with van der Waals surface area (Å²) in [6, 6.07) is 3.80. The molecule has 0 spiro atoms. The lowest BCUT2D eigenvalue weighted by Gasteiger charge is -2.21. The van der Waals surface area contributed by atoms with E-state index in [-0.39, 0.29) is 17.9 Å². The average molecular weight is 469 g/mol. The number of fused-ring (bicyclic) bond motifs is 3. The zero-order valence-corrected chi connectivity index (χ0v) is 17.9. The molecule has 0 bridgehead atoms. The molecule has 2 N–H and O–H groups in total. The molecule has 5 heterocycles. The number of alkyl halides is 3. The summed E-state index contributed by atoms with van der Waals surface area (Å²) in [4.78, 5) is 27.4.